The van der Waals surface area contributed by atoms with Gasteiger partial charge < -0.3 is 5.11 Å². The molecule has 0 unspecified atom stereocenters. The van der Waals surface area contributed by atoms with Crippen molar-refractivity contribution in [3.05, 3.63) is 107 Å². The molecule has 4 atom stereocenters. The first-order valence-electron chi connectivity index (χ1n) is 13.2. The number of para-hydroxylation sites is 1. The number of phenols is 1. The molecule has 7 rings (SSSR count). The number of rotatable bonds is 2. The number of benzene rings is 3. The van der Waals surface area contributed by atoms with Crippen molar-refractivity contribution in [2.75, 3.05) is 4.90 Å². The highest BCUT2D eigenvalue weighted by Crippen LogP contribution is 2.56. The third kappa shape index (κ3) is 3.27. The summed E-state index contributed by atoms with van der Waals surface area (Å²) in [5, 5.41) is 13.0. The fourth-order valence-electron chi connectivity index (χ4n) is 7.05. The van der Waals surface area contributed by atoms with Gasteiger partial charge in [0.25, 0.3) is 0 Å². The minimum absolute atomic E-state index is 0.0563. The van der Waals surface area contributed by atoms with Crippen LogP contribution >= 0.6 is 0 Å². The summed E-state index contributed by atoms with van der Waals surface area (Å²) in [5.41, 5.74) is 3.01. The van der Waals surface area contributed by atoms with Crippen molar-refractivity contribution in [3.8, 4) is 5.75 Å². The Morgan fingerprint density at radius 2 is 1.59 bits per heavy atom. The molecule has 3 aromatic rings. The molecule has 1 aliphatic heterocycles. The van der Waals surface area contributed by atoms with Crippen LogP contribution in [0.3, 0.4) is 0 Å². The standard InChI is InChI=1S/C33H25NO5/c1-17-15-26(35)25-16-24-21(13-14-23-28(24)33(39)34(32(23)38)19-8-3-2-4-9-19)27(29(25)30(17)36)22-12-11-18-7-5-6-10-20(18)31(22)37/h2-13,15,23-24,27-28,37H,14,16H2,1H3/t23-,24+,27+,28-/m0/s1. The van der Waals surface area contributed by atoms with Crippen LogP contribution in [0, 0.1) is 17.8 Å². The number of hydrogen-bond acceptors (Lipinski definition) is 5. The summed E-state index contributed by atoms with van der Waals surface area (Å²) in [6.07, 6.45) is 3.91. The van der Waals surface area contributed by atoms with Crippen molar-refractivity contribution in [1.29, 1.82) is 0 Å². The average molecular weight is 516 g/mol. The molecule has 0 aromatic heterocycles. The van der Waals surface area contributed by atoms with E-state index in [9.17, 15) is 24.3 Å². The van der Waals surface area contributed by atoms with Gasteiger partial charge in [-0.1, -0.05) is 66.2 Å². The maximum absolute atomic E-state index is 13.9. The number of anilines is 1. The van der Waals surface area contributed by atoms with Gasteiger partial charge >= 0.3 is 0 Å². The Labute approximate surface area is 224 Å². The Hall–Kier alpha value is -4.58. The molecular weight excluding hydrogens is 490 g/mol. The van der Waals surface area contributed by atoms with Gasteiger partial charge in [0.1, 0.15) is 5.75 Å². The molecule has 1 saturated heterocycles. The van der Waals surface area contributed by atoms with E-state index in [-0.39, 0.29) is 35.6 Å². The maximum Gasteiger partial charge on any atom is 0.238 e. The average Bonchev–Trinajstić information content (AvgIpc) is 3.21. The molecule has 0 radical (unpaired) electrons. The molecule has 192 valence electrons. The monoisotopic (exact) mass is 515 g/mol. The lowest BCUT2D eigenvalue weighted by atomic mass is 9.59. The largest absolute Gasteiger partial charge is 0.507 e. The van der Waals surface area contributed by atoms with Crippen LogP contribution in [0.2, 0.25) is 0 Å². The van der Waals surface area contributed by atoms with Crippen molar-refractivity contribution < 1.29 is 24.3 Å². The van der Waals surface area contributed by atoms with Crippen LogP contribution < -0.4 is 4.90 Å². The van der Waals surface area contributed by atoms with Crippen molar-refractivity contribution >= 4 is 39.8 Å². The SMILES string of the molecule is CC1=CC(=O)C2=C(C1=O)[C@@H](c1ccc3ccccc3c1O)C1=CC[C@@H]3C(=O)N(c4ccccc4)C(=O)[C@@H]3[C@@H]1C2. The van der Waals surface area contributed by atoms with Gasteiger partial charge in [-0.15, -0.1) is 0 Å². The third-order valence-corrected chi connectivity index (χ3v) is 8.82. The van der Waals surface area contributed by atoms with Gasteiger partial charge in [-0.25, -0.2) is 0 Å². The lowest BCUT2D eigenvalue weighted by Crippen LogP contribution is -2.39. The third-order valence-electron chi connectivity index (χ3n) is 8.82. The second-order valence-electron chi connectivity index (χ2n) is 10.8. The van der Waals surface area contributed by atoms with Crippen LogP contribution in [0.4, 0.5) is 5.69 Å². The minimum Gasteiger partial charge on any atom is -0.507 e. The second-order valence-corrected chi connectivity index (χ2v) is 10.8. The Bertz CT molecular complexity index is 1730. The molecule has 39 heavy (non-hydrogen) atoms. The second kappa shape index (κ2) is 8.46. The fourth-order valence-corrected chi connectivity index (χ4v) is 7.05. The summed E-state index contributed by atoms with van der Waals surface area (Å²) in [4.78, 5) is 55.6. The van der Waals surface area contributed by atoms with E-state index >= 15 is 0 Å². The summed E-state index contributed by atoms with van der Waals surface area (Å²) in [7, 11) is 0. The molecule has 2 amide bonds. The van der Waals surface area contributed by atoms with Gasteiger partial charge in [0, 0.05) is 33.6 Å². The van der Waals surface area contributed by atoms with E-state index in [0.29, 0.717) is 39.8 Å². The number of nitrogens with zero attached hydrogens (tertiary/aromatic N) is 1. The minimum atomic E-state index is -0.682. The molecule has 6 heteroatoms. The molecule has 0 spiro atoms. The summed E-state index contributed by atoms with van der Waals surface area (Å²) in [6, 6.07) is 20.1. The number of phenolic OH excluding ortho intramolecular Hbond substituents is 1. The number of allylic oxidation sites excluding steroid dienone is 6. The summed E-state index contributed by atoms with van der Waals surface area (Å²) in [5.74, 6) is -3.23. The van der Waals surface area contributed by atoms with Crippen molar-refractivity contribution in [2.45, 2.75) is 25.7 Å². The first kappa shape index (κ1) is 23.5. The van der Waals surface area contributed by atoms with Gasteiger partial charge in [0.2, 0.25) is 11.8 Å². The number of carbonyl (C=O) groups excluding carboxylic acids is 4. The smallest absolute Gasteiger partial charge is 0.238 e. The molecule has 1 fully saturated rings. The summed E-state index contributed by atoms with van der Waals surface area (Å²) in [6.45, 7) is 1.63. The van der Waals surface area contributed by atoms with Gasteiger partial charge in [0.15, 0.2) is 11.6 Å². The number of carbonyl (C=O) groups is 4. The Morgan fingerprint density at radius 1 is 0.846 bits per heavy atom. The van der Waals surface area contributed by atoms with E-state index in [1.165, 1.54) is 11.0 Å². The Balaban J connectivity index is 1.41. The molecule has 4 aliphatic rings. The molecular formula is C33H25NO5. The quantitative estimate of drug-likeness (QED) is 0.289. The van der Waals surface area contributed by atoms with Crippen molar-refractivity contribution in [3.63, 3.8) is 0 Å². The lowest BCUT2D eigenvalue weighted by molar-refractivity contribution is -0.123. The van der Waals surface area contributed by atoms with Crippen LogP contribution in [0.15, 0.2) is 101 Å². The first-order valence-corrected chi connectivity index (χ1v) is 13.2. The Morgan fingerprint density at radius 3 is 2.38 bits per heavy atom. The molecule has 1 heterocycles. The zero-order valence-corrected chi connectivity index (χ0v) is 21.3. The fraction of sp³-hybridized carbons (Fsp3) is 0.212. The molecule has 3 aromatic carbocycles. The number of amides is 2. The molecule has 3 aliphatic carbocycles. The number of aromatic hydroxyl groups is 1. The summed E-state index contributed by atoms with van der Waals surface area (Å²) < 4.78 is 0. The molecule has 6 nitrogen and oxygen atoms in total. The van der Waals surface area contributed by atoms with Gasteiger partial charge in [0.05, 0.1) is 17.5 Å². The van der Waals surface area contributed by atoms with Crippen molar-refractivity contribution in [1.82, 2.24) is 0 Å². The first-order chi connectivity index (χ1) is 18.9. The van der Waals surface area contributed by atoms with E-state index in [1.54, 1.807) is 31.2 Å². The number of Topliss-reactive ketones (excluding diaryl/α,β-unsaturated/α-hetero) is 1. The highest BCUT2D eigenvalue weighted by molar-refractivity contribution is 6.25. The molecule has 0 bridgehead atoms. The predicted octanol–water partition coefficient (Wildman–Crippen LogP) is 5.18. The lowest BCUT2D eigenvalue weighted by Gasteiger charge is -2.42. The number of ketones is 2. The molecule has 0 saturated carbocycles. The number of imide groups is 1. The van der Waals surface area contributed by atoms with Gasteiger partial charge in [-0.2, -0.15) is 0 Å². The topological polar surface area (TPSA) is 91.8 Å². The maximum atomic E-state index is 13.9. The zero-order chi connectivity index (χ0) is 27.0. The predicted molar refractivity (Wildman–Crippen MR) is 146 cm³/mol. The number of fused-ring (bicyclic) bond motifs is 4. The van der Waals surface area contributed by atoms with Crippen LogP contribution in [-0.4, -0.2) is 28.5 Å². The van der Waals surface area contributed by atoms with Crippen LogP contribution in [0.1, 0.15) is 31.2 Å². The van der Waals surface area contributed by atoms with E-state index < -0.39 is 23.7 Å². The van der Waals surface area contributed by atoms with Crippen LogP contribution in [-0.2, 0) is 19.2 Å². The molecule has 1 N–H and O–H groups in total. The highest BCUT2D eigenvalue weighted by Gasteiger charge is 2.56. The van der Waals surface area contributed by atoms with E-state index in [4.69, 9.17) is 0 Å². The van der Waals surface area contributed by atoms with Gasteiger partial charge in [-0.05, 0) is 49.3 Å². The zero-order valence-electron chi connectivity index (χ0n) is 21.3. The van der Waals surface area contributed by atoms with Crippen LogP contribution in [0.25, 0.3) is 10.8 Å². The number of hydrogen-bond donors (Lipinski definition) is 1. The van der Waals surface area contributed by atoms with Crippen molar-refractivity contribution in [2.24, 2.45) is 17.8 Å². The van der Waals surface area contributed by atoms with E-state index in [1.807, 2.05) is 48.5 Å². The normalized spacial score (nSPS) is 26.3. The highest BCUT2D eigenvalue weighted by atomic mass is 16.3. The van der Waals surface area contributed by atoms with E-state index in [0.717, 1.165) is 11.0 Å². The summed E-state index contributed by atoms with van der Waals surface area (Å²) >= 11 is 0. The van der Waals surface area contributed by atoms with E-state index in [2.05, 4.69) is 0 Å². The van der Waals surface area contributed by atoms with Gasteiger partial charge in [-0.3, -0.25) is 24.1 Å². The van der Waals surface area contributed by atoms with Crippen LogP contribution in [0.5, 0.6) is 5.75 Å². The Kier molecular flexibility index (Phi) is 5.11.